The van der Waals surface area contributed by atoms with Crippen molar-refractivity contribution in [2.75, 3.05) is 0 Å². The predicted molar refractivity (Wildman–Crippen MR) is 87.4 cm³/mol. The molecule has 0 unspecified atom stereocenters. The van der Waals surface area contributed by atoms with Crippen LogP contribution in [-0.2, 0) is 0 Å². The molecule has 0 saturated heterocycles. The molecular formula is C12H6BrN3OS3. The first-order valence-corrected chi connectivity index (χ1v) is 8.95. The lowest BCUT2D eigenvalue weighted by Crippen LogP contribution is -1.84. The molecule has 0 N–H and O–H groups in total. The summed E-state index contributed by atoms with van der Waals surface area (Å²) in [5.41, 5.74) is 1.06. The third kappa shape index (κ3) is 2.03. The van der Waals surface area contributed by atoms with E-state index in [-0.39, 0.29) is 0 Å². The first-order valence-electron chi connectivity index (χ1n) is 5.65. The number of rotatable bonds is 2. The fourth-order valence-corrected chi connectivity index (χ4v) is 4.77. The van der Waals surface area contributed by atoms with Gasteiger partial charge in [0, 0.05) is 11.5 Å². The summed E-state index contributed by atoms with van der Waals surface area (Å²) in [5.74, 6) is 0.807. The average molecular weight is 384 g/mol. The van der Waals surface area contributed by atoms with Gasteiger partial charge in [0.1, 0.15) is 5.75 Å². The molecule has 3 aromatic heterocycles. The summed E-state index contributed by atoms with van der Waals surface area (Å²) in [7, 11) is 0. The summed E-state index contributed by atoms with van der Waals surface area (Å²) in [5, 5.41) is 12.6. The number of aromatic nitrogens is 3. The highest BCUT2D eigenvalue weighted by Gasteiger charge is 2.14. The zero-order valence-electron chi connectivity index (χ0n) is 10.1. The molecule has 0 atom stereocenters. The summed E-state index contributed by atoms with van der Waals surface area (Å²) < 4.78 is 8.89. The standard InChI is InChI=1S/C12H6BrN3OS3/c1-5-14-9-8(19-5)4-7(6-2-3-18-10(6)9)17-12-16-15-11(13)20-12/h2-4H,1H3. The summed E-state index contributed by atoms with van der Waals surface area (Å²) in [4.78, 5) is 4.61. The Bertz CT molecular complexity index is 927. The Labute approximate surface area is 134 Å². The maximum atomic E-state index is 5.89. The first-order chi connectivity index (χ1) is 9.70. The molecule has 8 heteroatoms. The van der Waals surface area contributed by atoms with Crippen LogP contribution in [0.4, 0.5) is 0 Å². The van der Waals surface area contributed by atoms with Crippen molar-refractivity contribution in [3.05, 3.63) is 26.4 Å². The SMILES string of the molecule is Cc1nc2c(cc(Oc3nnc(Br)s3)c3ccsc32)s1. The number of hydrogen-bond donors (Lipinski definition) is 0. The third-order valence-corrected chi connectivity index (χ3v) is 5.82. The van der Waals surface area contributed by atoms with Crippen LogP contribution in [0, 0.1) is 6.92 Å². The highest BCUT2D eigenvalue weighted by atomic mass is 79.9. The smallest absolute Gasteiger partial charge is 0.300 e. The lowest BCUT2D eigenvalue weighted by Gasteiger charge is -2.03. The fourth-order valence-electron chi connectivity index (χ4n) is 2.00. The average Bonchev–Trinajstić information content (AvgIpc) is 3.08. The summed E-state index contributed by atoms with van der Waals surface area (Å²) in [6, 6.07) is 4.09. The van der Waals surface area contributed by atoms with Gasteiger partial charge in [-0.05, 0) is 45.6 Å². The van der Waals surface area contributed by atoms with Crippen molar-refractivity contribution in [3.63, 3.8) is 0 Å². The van der Waals surface area contributed by atoms with Crippen molar-refractivity contribution in [1.82, 2.24) is 15.2 Å². The molecular weight excluding hydrogens is 378 g/mol. The van der Waals surface area contributed by atoms with E-state index in [1.54, 1.807) is 22.7 Å². The van der Waals surface area contributed by atoms with Crippen LogP contribution < -0.4 is 4.74 Å². The van der Waals surface area contributed by atoms with E-state index in [1.165, 1.54) is 11.3 Å². The molecule has 0 aliphatic heterocycles. The minimum absolute atomic E-state index is 0.532. The van der Waals surface area contributed by atoms with Crippen molar-refractivity contribution in [2.45, 2.75) is 6.92 Å². The van der Waals surface area contributed by atoms with Crippen LogP contribution in [0.3, 0.4) is 0 Å². The molecule has 0 saturated carbocycles. The highest BCUT2D eigenvalue weighted by Crippen LogP contribution is 2.41. The highest BCUT2D eigenvalue weighted by molar-refractivity contribution is 9.11. The molecule has 0 aliphatic rings. The van der Waals surface area contributed by atoms with Crippen LogP contribution >= 0.6 is 49.9 Å². The summed E-state index contributed by atoms with van der Waals surface area (Å²) >= 11 is 8.01. The number of benzene rings is 1. The van der Waals surface area contributed by atoms with Gasteiger partial charge in [-0.1, -0.05) is 5.10 Å². The minimum Gasteiger partial charge on any atom is -0.429 e. The van der Waals surface area contributed by atoms with E-state index >= 15 is 0 Å². The van der Waals surface area contributed by atoms with Gasteiger partial charge in [-0.3, -0.25) is 0 Å². The van der Waals surface area contributed by atoms with Crippen molar-refractivity contribution in [3.8, 4) is 10.9 Å². The number of fused-ring (bicyclic) bond motifs is 3. The van der Waals surface area contributed by atoms with E-state index in [2.05, 4.69) is 42.6 Å². The molecule has 0 spiro atoms. The van der Waals surface area contributed by atoms with Gasteiger partial charge in [-0.25, -0.2) is 4.98 Å². The topological polar surface area (TPSA) is 47.9 Å². The fraction of sp³-hybridized carbons (Fsp3) is 0.0833. The number of thiazole rings is 1. The predicted octanol–water partition coefficient (Wildman–Crippen LogP) is 5.23. The van der Waals surface area contributed by atoms with Gasteiger partial charge in [0.05, 0.1) is 19.9 Å². The third-order valence-electron chi connectivity index (χ3n) is 2.75. The van der Waals surface area contributed by atoms with Crippen LogP contribution in [0.15, 0.2) is 21.4 Å². The number of nitrogens with zero attached hydrogens (tertiary/aromatic N) is 3. The normalized spacial score (nSPS) is 11.5. The quantitative estimate of drug-likeness (QED) is 0.475. The molecule has 0 aliphatic carbocycles. The molecule has 100 valence electrons. The van der Waals surface area contributed by atoms with E-state index in [1.807, 2.05) is 13.0 Å². The molecule has 0 radical (unpaired) electrons. The van der Waals surface area contributed by atoms with Crippen molar-refractivity contribution in [2.24, 2.45) is 0 Å². The largest absolute Gasteiger partial charge is 0.429 e. The number of aryl methyl sites for hydroxylation is 1. The van der Waals surface area contributed by atoms with Gasteiger partial charge < -0.3 is 4.74 Å². The van der Waals surface area contributed by atoms with Crippen molar-refractivity contribution in [1.29, 1.82) is 0 Å². The lowest BCUT2D eigenvalue weighted by molar-refractivity contribution is 0.479. The molecule has 4 nitrogen and oxygen atoms in total. The number of halogens is 1. The summed E-state index contributed by atoms with van der Waals surface area (Å²) in [6.07, 6.45) is 0. The molecule has 0 bridgehead atoms. The first kappa shape index (κ1) is 12.6. The van der Waals surface area contributed by atoms with Gasteiger partial charge >= 0.3 is 0 Å². The van der Waals surface area contributed by atoms with Gasteiger partial charge in [0.15, 0.2) is 3.92 Å². The van der Waals surface area contributed by atoms with E-state index in [4.69, 9.17) is 4.74 Å². The Morgan fingerprint density at radius 3 is 2.95 bits per heavy atom. The van der Waals surface area contributed by atoms with Gasteiger partial charge in [-0.15, -0.1) is 27.8 Å². The van der Waals surface area contributed by atoms with E-state index in [9.17, 15) is 0 Å². The van der Waals surface area contributed by atoms with Crippen LogP contribution in [0.25, 0.3) is 20.3 Å². The van der Waals surface area contributed by atoms with E-state index in [0.717, 1.165) is 31.1 Å². The van der Waals surface area contributed by atoms with Gasteiger partial charge in [-0.2, -0.15) is 0 Å². The van der Waals surface area contributed by atoms with Crippen LogP contribution in [0.2, 0.25) is 0 Å². The second-order valence-electron chi connectivity index (χ2n) is 4.04. The zero-order valence-corrected chi connectivity index (χ0v) is 14.1. The molecule has 0 fully saturated rings. The maximum absolute atomic E-state index is 5.89. The number of ether oxygens (including phenoxy) is 1. The minimum atomic E-state index is 0.532. The Hall–Kier alpha value is -1.09. The molecule has 1 aromatic carbocycles. The molecule has 4 aromatic rings. The van der Waals surface area contributed by atoms with Gasteiger partial charge in [0.2, 0.25) is 0 Å². The molecule has 20 heavy (non-hydrogen) atoms. The number of thiophene rings is 1. The molecule has 4 rings (SSSR count). The van der Waals surface area contributed by atoms with E-state index in [0.29, 0.717) is 9.11 Å². The molecule has 3 heterocycles. The monoisotopic (exact) mass is 383 g/mol. The molecule has 0 amide bonds. The summed E-state index contributed by atoms with van der Waals surface area (Å²) in [6.45, 7) is 2.02. The van der Waals surface area contributed by atoms with Crippen LogP contribution in [-0.4, -0.2) is 15.2 Å². The Kier molecular flexibility index (Phi) is 2.99. The second kappa shape index (κ2) is 4.73. The van der Waals surface area contributed by atoms with Crippen molar-refractivity contribution >= 4 is 70.2 Å². The number of hydrogen-bond acceptors (Lipinski definition) is 7. The van der Waals surface area contributed by atoms with Gasteiger partial charge in [0.25, 0.3) is 5.19 Å². The zero-order chi connectivity index (χ0) is 13.7. The van der Waals surface area contributed by atoms with Crippen molar-refractivity contribution < 1.29 is 4.74 Å². The Morgan fingerprint density at radius 1 is 1.25 bits per heavy atom. The Morgan fingerprint density at radius 2 is 2.15 bits per heavy atom. The second-order valence-corrected chi connectivity index (χ2v) is 8.41. The Balaban J connectivity index is 1.94. The van der Waals surface area contributed by atoms with Crippen LogP contribution in [0.5, 0.6) is 10.9 Å². The van der Waals surface area contributed by atoms with Crippen LogP contribution in [0.1, 0.15) is 5.01 Å². The maximum Gasteiger partial charge on any atom is 0.300 e. The van der Waals surface area contributed by atoms with E-state index < -0.39 is 0 Å². The lowest BCUT2D eigenvalue weighted by atomic mass is 10.2.